The molecule has 0 saturated heterocycles. The standard InChI is InChI=1S/C14H16FN3O4S/c1-18-8-13(16-9-18)23(21,22)17-7-11(14(19)20)5-10-3-2-4-12(15)6-10/h2-4,6,8-9,11,17H,5,7H2,1H3,(H,19,20). The van der Waals surface area contributed by atoms with Crippen molar-refractivity contribution in [2.75, 3.05) is 6.54 Å². The van der Waals surface area contributed by atoms with Crippen LogP contribution in [0.2, 0.25) is 0 Å². The summed E-state index contributed by atoms with van der Waals surface area (Å²) in [6, 6.07) is 5.54. The van der Waals surface area contributed by atoms with Gasteiger partial charge in [-0.05, 0) is 24.1 Å². The van der Waals surface area contributed by atoms with Crippen molar-refractivity contribution < 1.29 is 22.7 Å². The number of aromatic nitrogens is 2. The number of carboxylic acids is 1. The minimum Gasteiger partial charge on any atom is -0.481 e. The van der Waals surface area contributed by atoms with Crippen LogP contribution in [0.5, 0.6) is 0 Å². The summed E-state index contributed by atoms with van der Waals surface area (Å²) in [5, 5.41) is 9.04. The number of hydrogen-bond acceptors (Lipinski definition) is 4. The van der Waals surface area contributed by atoms with Crippen LogP contribution in [0, 0.1) is 11.7 Å². The van der Waals surface area contributed by atoms with Gasteiger partial charge in [-0.25, -0.2) is 22.5 Å². The Morgan fingerprint density at radius 2 is 2.22 bits per heavy atom. The van der Waals surface area contributed by atoms with Crippen molar-refractivity contribution in [1.29, 1.82) is 0 Å². The lowest BCUT2D eigenvalue weighted by atomic mass is 10.00. The van der Waals surface area contributed by atoms with Crippen molar-refractivity contribution in [3.05, 3.63) is 48.2 Å². The van der Waals surface area contributed by atoms with E-state index in [1.807, 2.05) is 0 Å². The van der Waals surface area contributed by atoms with E-state index in [9.17, 15) is 22.7 Å². The second kappa shape index (κ2) is 6.88. The fraction of sp³-hybridized carbons (Fsp3) is 0.286. The molecule has 0 amide bonds. The van der Waals surface area contributed by atoms with Gasteiger partial charge in [0.05, 0.1) is 12.2 Å². The van der Waals surface area contributed by atoms with Gasteiger partial charge < -0.3 is 9.67 Å². The minimum absolute atomic E-state index is 0.0117. The number of nitrogens with zero attached hydrogens (tertiary/aromatic N) is 2. The lowest BCUT2D eigenvalue weighted by molar-refractivity contribution is -0.141. The first-order chi connectivity index (χ1) is 10.8. The zero-order valence-electron chi connectivity index (χ0n) is 12.3. The molecule has 0 bridgehead atoms. The van der Waals surface area contributed by atoms with Crippen LogP contribution in [-0.4, -0.2) is 35.6 Å². The van der Waals surface area contributed by atoms with Gasteiger partial charge >= 0.3 is 5.97 Å². The van der Waals surface area contributed by atoms with Gasteiger partial charge in [-0.3, -0.25) is 4.79 Å². The van der Waals surface area contributed by atoms with Gasteiger partial charge in [-0.15, -0.1) is 0 Å². The van der Waals surface area contributed by atoms with E-state index in [0.717, 1.165) is 0 Å². The van der Waals surface area contributed by atoms with Crippen LogP contribution in [0.25, 0.3) is 0 Å². The summed E-state index contributed by atoms with van der Waals surface area (Å²) in [7, 11) is -2.27. The highest BCUT2D eigenvalue weighted by molar-refractivity contribution is 7.89. The largest absolute Gasteiger partial charge is 0.481 e. The predicted molar refractivity (Wildman–Crippen MR) is 79.6 cm³/mol. The summed E-state index contributed by atoms with van der Waals surface area (Å²) in [5.41, 5.74) is 0.481. The quantitative estimate of drug-likeness (QED) is 0.775. The van der Waals surface area contributed by atoms with Crippen molar-refractivity contribution in [3.63, 3.8) is 0 Å². The molecule has 0 saturated carbocycles. The van der Waals surface area contributed by atoms with Crippen molar-refractivity contribution >= 4 is 16.0 Å². The first-order valence-corrected chi connectivity index (χ1v) is 8.21. The van der Waals surface area contributed by atoms with E-state index in [-0.39, 0.29) is 18.0 Å². The Balaban J connectivity index is 2.07. The number of hydrogen-bond donors (Lipinski definition) is 2. The Bertz CT molecular complexity index is 804. The average molecular weight is 341 g/mol. The first-order valence-electron chi connectivity index (χ1n) is 6.73. The Kier molecular flexibility index (Phi) is 5.12. The Morgan fingerprint density at radius 3 is 2.78 bits per heavy atom. The number of nitrogens with one attached hydrogen (secondary N) is 1. The molecule has 0 spiro atoms. The molecule has 1 atom stereocenters. The van der Waals surface area contributed by atoms with Crippen molar-refractivity contribution in [1.82, 2.24) is 14.3 Å². The van der Waals surface area contributed by atoms with E-state index in [1.54, 1.807) is 13.1 Å². The van der Waals surface area contributed by atoms with Gasteiger partial charge in [-0.2, -0.15) is 0 Å². The second-order valence-corrected chi connectivity index (χ2v) is 6.81. The molecule has 0 fully saturated rings. The van der Waals surface area contributed by atoms with Gasteiger partial charge in [0.25, 0.3) is 10.0 Å². The van der Waals surface area contributed by atoms with Crippen molar-refractivity contribution in [2.45, 2.75) is 11.4 Å². The number of aliphatic carboxylic acids is 1. The van der Waals surface area contributed by atoms with Crippen LogP contribution in [0.3, 0.4) is 0 Å². The molecular weight excluding hydrogens is 325 g/mol. The summed E-state index contributed by atoms with van der Waals surface area (Å²) >= 11 is 0. The number of halogens is 1. The highest BCUT2D eigenvalue weighted by atomic mass is 32.2. The Hall–Kier alpha value is -2.26. The maximum Gasteiger partial charge on any atom is 0.308 e. The minimum atomic E-state index is -3.89. The lowest BCUT2D eigenvalue weighted by Gasteiger charge is -2.13. The second-order valence-electron chi connectivity index (χ2n) is 5.10. The smallest absolute Gasteiger partial charge is 0.308 e. The SMILES string of the molecule is Cn1cnc(S(=O)(=O)NCC(Cc2cccc(F)c2)C(=O)O)c1. The molecule has 2 rings (SSSR count). The van der Waals surface area contributed by atoms with E-state index in [0.29, 0.717) is 5.56 Å². The Labute approximate surface area is 132 Å². The van der Waals surface area contributed by atoms with Crippen LogP contribution in [0.1, 0.15) is 5.56 Å². The number of sulfonamides is 1. The zero-order chi connectivity index (χ0) is 17.0. The number of carbonyl (C=O) groups is 1. The molecule has 9 heteroatoms. The van der Waals surface area contributed by atoms with Gasteiger partial charge in [0.15, 0.2) is 5.03 Å². The Morgan fingerprint density at radius 1 is 1.48 bits per heavy atom. The molecule has 7 nitrogen and oxygen atoms in total. The maximum atomic E-state index is 13.1. The van der Waals surface area contributed by atoms with E-state index < -0.39 is 27.7 Å². The molecule has 23 heavy (non-hydrogen) atoms. The van der Waals surface area contributed by atoms with Crippen LogP contribution in [-0.2, 0) is 28.3 Å². The predicted octanol–water partition coefficient (Wildman–Crippen LogP) is 0.781. The number of rotatable bonds is 7. The maximum absolute atomic E-state index is 13.1. The highest BCUT2D eigenvalue weighted by Crippen LogP contribution is 2.12. The van der Waals surface area contributed by atoms with Gasteiger partial charge in [0.1, 0.15) is 5.82 Å². The van der Waals surface area contributed by atoms with Gasteiger partial charge in [0.2, 0.25) is 0 Å². The van der Waals surface area contributed by atoms with Crippen LogP contribution in [0.4, 0.5) is 4.39 Å². The van der Waals surface area contributed by atoms with Gasteiger partial charge in [0, 0.05) is 19.8 Å². The molecule has 0 aliphatic rings. The molecule has 2 N–H and O–H groups in total. The topological polar surface area (TPSA) is 101 Å². The molecule has 0 aliphatic carbocycles. The van der Waals surface area contributed by atoms with Crippen molar-refractivity contribution in [2.24, 2.45) is 13.0 Å². The third kappa shape index (κ3) is 4.60. The van der Waals surface area contributed by atoms with Crippen molar-refractivity contribution in [3.8, 4) is 0 Å². The molecule has 0 radical (unpaired) electrons. The lowest BCUT2D eigenvalue weighted by Crippen LogP contribution is -2.34. The summed E-state index contributed by atoms with van der Waals surface area (Å²) < 4.78 is 40.9. The van der Waals surface area contributed by atoms with Crippen LogP contribution < -0.4 is 4.72 Å². The highest BCUT2D eigenvalue weighted by Gasteiger charge is 2.23. The fourth-order valence-corrected chi connectivity index (χ4v) is 3.07. The summed E-state index contributed by atoms with van der Waals surface area (Å²) in [6.07, 6.45) is 2.65. The van der Waals surface area contributed by atoms with E-state index in [4.69, 9.17) is 0 Å². The normalized spacial score (nSPS) is 13.0. The average Bonchev–Trinajstić information content (AvgIpc) is 2.91. The molecule has 1 aromatic heterocycles. The number of benzene rings is 1. The van der Waals surface area contributed by atoms with Crippen LogP contribution >= 0.6 is 0 Å². The van der Waals surface area contributed by atoms with Gasteiger partial charge in [-0.1, -0.05) is 12.1 Å². The summed E-state index contributed by atoms with van der Waals surface area (Å²) in [6.45, 7) is -0.315. The van der Waals surface area contributed by atoms with E-state index in [1.165, 1.54) is 35.3 Å². The molecule has 2 aromatic rings. The summed E-state index contributed by atoms with van der Waals surface area (Å²) in [5.74, 6) is -2.66. The van der Waals surface area contributed by atoms with E-state index >= 15 is 0 Å². The molecule has 1 aromatic carbocycles. The monoisotopic (exact) mass is 341 g/mol. The molecule has 124 valence electrons. The number of carboxylic acid groups (broad SMARTS) is 1. The molecule has 1 heterocycles. The number of aryl methyl sites for hydroxylation is 1. The third-order valence-corrected chi connectivity index (χ3v) is 4.50. The fourth-order valence-electron chi connectivity index (χ4n) is 2.01. The third-order valence-electron chi connectivity index (χ3n) is 3.20. The zero-order valence-corrected chi connectivity index (χ0v) is 13.1. The van der Waals surface area contributed by atoms with Crippen LogP contribution in [0.15, 0.2) is 41.8 Å². The number of imidazole rings is 1. The summed E-state index contributed by atoms with van der Waals surface area (Å²) in [4.78, 5) is 15.0. The molecular formula is C14H16FN3O4S. The molecule has 0 aliphatic heterocycles. The molecule has 1 unspecified atom stereocenters. The first kappa shape index (κ1) is 17.1. The van der Waals surface area contributed by atoms with E-state index in [2.05, 4.69) is 9.71 Å².